The molecule has 0 bridgehead atoms. The third-order valence-corrected chi connectivity index (χ3v) is 2.85. The lowest BCUT2D eigenvalue weighted by molar-refractivity contribution is -0.145. The van der Waals surface area contributed by atoms with Gasteiger partial charge in [-0.1, -0.05) is 6.92 Å². The van der Waals surface area contributed by atoms with Gasteiger partial charge in [-0.15, -0.1) is 0 Å². The summed E-state index contributed by atoms with van der Waals surface area (Å²) in [6.45, 7) is 1.94. The highest BCUT2D eigenvalue weighted by molar-refractivity contribution is 6.15. The van der Waals surface area contributed by atoms with Crippen molar-refractivity contribution >= 4 is 29.9 Å². The van der Waals surface area contributed by atoms with Crippen molar-refractivity contribution in [1.82, 2.24) is 20.9 Å². The van der Waals surface area contributed by atoms with Gasteiger partial charge in [0.2, 0.25) is 11.8 Å². The van der Waals surface area contributed by atoms with E-state index >= 15 is 0 Å². The molecule has 1 heterocycles. The molecule has 9 nitrogen and oxygen atoms in total. The highest BCUT2D eigenvalue weighted by Gasteiger charge is 2.35. The molecule has 0 saturated carbocycles. The molecule has 1 aliphatic rings. The Kier molecular flexibility index (Phi) is 6.90. The minimum atomic E-state index is -1.05. The lowest BCUT2D eigenvalue weighted by Crippen LogP contribution is -2.55. The monoisotopic (exact) mass is 310 g/mol. The number of likely N-dealkylation sites (N-methyl/N-ethyl adjacent to an activating group) is 1. The Balaban J connectivity index is 2.65. The third-order valence-electron chi connectivity index (χ3n) is 2.85. The minimum Gasteiger partial charge on any atom is -0.348 e. The molecular formula is C13H18N4O5. The maximum absolute atomic E-state index is 12.1. The van der Waals surface area contributed by atoms with E-state index in [0.29, 0.717) is 12.8 Å². The molecule has 0 saturated heterocycles. The average Bonchev–Trinajstić information content (AvgIpc) is 2.83. The summed E-state index contributed by atoms with van der Waals surface area (Å²) >= 11 is 0. The normalized spacial score (nSPS) is 14.9. The Hall–Kier alpha value is -2.55. The second kappa shape index (κ2) is 8.67. The van der Waals surface area contributed by atoms with Crippen molar-refractivity contribution in [2.24, 2.45) is 0 Å². The van der Waals surface area contributed by atoms with E-state index in [1.54, 1.807) is 0 Å². The Morgan fingerprint density at radius 1 is 1.23 bits per heavy atom. The largest absolute Gasteiger partial charge is 0.348 e. The van der Waals surface area contributed by atoms with Crippen LogP contribution in [0.5, 0.6) is 0 Å². The number of carbonyl (C=O) groups is 5. The first-order chi connectivity index (χ1) is 10.5. The summed E-state index contributed by atoms with van der Waals surface area (Å²) in [4.78, 5) is 57.8. The summed E-state index contributed by atoms with van der Waals surface area (Å²) in [7, 11) is 0. The van der Waals surface area contributed by atoms with E-state index < -0.39 is 29.7 Å². The molecule has 3 N–H and O–H groups in total. The number of rotatable bonds is 9. The van der Waals surface area contributed by atoms with Gasteiger partial charge in [-0.3, -0.25) is 24.1 Å². The number of imide groups is 1. The zero-order valence-electron chi connectivity index (χ0n) is 12.1. The Morgan fingerprint density at radius 3 is 2.41 bits per heavy atom. The fourth-order valence-corrected chi connectivity index (χ4v) is 1.80. The van der Waals surface area contributed by atoms with E-state index in [0.717, 1.165) is 17.1 Å². The number of carbonyl (C=O) groups excluding carboxylic acids is 5. The molecule has 0 aromatic heterocycles. The van der Waals surface area contributed by atoms with Gasteiger partial charge in [0.1, 0.15) is 12.3 Å². The molecular weight excluding hydrogens is 292 g/mol. The number of amides is 4. The molecule has 0 spiro atoms. The summed E-state index contributed by atoms with van der Waals surface area (Å²) in [6.07, 6.45) is 2.69. The van der Waals surface area contributed by atoms with Crippen molar-refractivity contribution < 1.29 is 24.0 Å². The number of nitrogens with zero attached hydrogens (tertiary/aromatic N) is 1. The molecule has 22 heavy (non-hydrogen) atoms. The van der Waals surface area contributed by atoms with Crippen LogP contribution in [0.2, 0.25) is 0 Å². The summed E-state index contributed by atoms with van der Waals surface area (Å²) in [5.41, 5.74) is 0. The van der Waals surface area contributed by atoms with E-state index in [2.05, 4.69) is 16.0 Å². The van der Waals surface area contributed by atoms with Crippen molar-refractivity contribution in [2.45, 2.75) is 13.0 Å². The van der Waals surface area contributed by atoms with Crippen molar-refractivity contribution in [2.75, 3.05) is 26.2 Å². The van der Waals surface area contributed by atoms with Crippen molar-refractivity contribution in [3.8, 4) is 0 Å². The quantitative estimate of drug-likeness (QED) is 0.315. The van der Waals surface area contributed by atoms with Crippen LogP contribution in [0.25, 0.3) is 0 Å². The van der Waals surface area contributed by atoms with Gasteiger partial charge in [-0.05, 0) is 6.54 Å². The smallest absolute Gasteiger partial charge is 0.254 e. The number of hydrogen-bond acceptors (Lipinski definition) is 6. The van der Waals surface area contributed by atoms with Gasteiger partial charge < -0.3 is 20.7 Å². The lowest BCUT2D eigenvalue weighted by atomic mass is 10.2. The van der Waals surface area contributed by atoms with Gasteiger partial charge in [0, 0.05) is 18.7 Å². The van der Waals surface area contributed by atoms with E-state index in [1.807, 2.05) is 6.92 Å². The highest BCUT2D eigenvalue weighted by Crippen LogP contribution is 2.09. The van der Waals surface area contributed by atoms with Crippen molar-refractivity contribution in [3.05, 3.63) is 12.2 Å². The van der Waals surface area contributed by atoms with Gasteiger partial charge in [-0.25, -0.2) is 0 Å². The highest BCUT2D eigenvalue weighted by atomic mass is 16.2. The molecule has 1 aliphatic heterocycles. The average molecular weight is 310 g/mol. The Bertz CT molecular complexity index is 485. The van der Waals surface area contributed by atoms with Crippen LogP contribution in [-0.2, 0) is 24.0 Å². The molecule has 1 rings (SSSR count). The first-order valence-electron chi connectivity index (χ1n) is 6.75. The standard InChI is InChI=1S/C13H18N4O5/c1-2-14-7-9(17-11(20)3-4-12(17)21)13(22)16-8-10(19)15-5-6-18/h3-4,6,9,14H,2,5,7-8H2,1H3,(H,15,19)(H,16,22). The fraction of sp³-hybridized carbons (Fsp3) is 0.462. The molecule has 120 valence electrons. The molecule has 0 fully saturated rings. The summed E-state index contributed by atoms with van der Waals surface area (Å²) in [5, 5.41) is 7.48. The second-order valence-corrected chi connectivity index (χ2v) is 4.39. The van der Waals surface area contributed by atoms with Crippen LogP contribution in [-0.4, -0.2) is 67.0 Å². The number of hydrogen-bond donors (Lipinski definition) is 3. The molecule has 9 heteroatoms. The van der Waals surface area contributed by atoms with Crippen LogP contribution >= 0.6 is 0 Å². The maximum atomic E-state index is 12.1. The van der Waals surface area contributed by atoms with Crippen LogP contribution in [0.4, 0.5) is 0 Å². The topological polar surface area (TPSA) is 125 Å². The molecule has 4 amide bonds. The van der Waals surface area contributed by atoms with E-state index in [1.165, 1.54) is 0 Å². The van der Waals surface area contributed by atoms with Gasteiger partial charge in [0.15, 0.2) is 0 Å². The minimum absolute atomic E-state index is 0.0808. The van der Waals surface area contributed by atoms with Gasteiger partial charge >= 0.3 is 0 Å². The van der Waals surface area contributed by atoms with Crippen LogP contribution in [0, 0.1) is 0 Å². The van der Waals surface area contributed by atoms with Crippen LogP contribution in [0.1, 0.15) is 6.92 Å². The van der Waals surface area contributed by atoms with Crippen molar-refractivity contribution in [1.29, 1.82) is 0 Å². The molecule has 0 aliphatic carbocycles. The summed E-state index contributed by atoms with van der Waals surface area (Å²) < 4.78 is 0. The molecule has 0 radical (unpaired) electrons. The van der Waals surface area contributed by atoms with E-state index in [4.69, 9.17) is 0 Å². The summed E-state index contributed by atoms with van der Waals surface area (Å²) in [6, 6.07) is -1.05. The van der Waals surface area contributed by atoms with E-state index in [9.17, 15) is 24.0 Å². The zero-order valence-corrected chi connectivity index (χ0v) is 12.1. The summed E-state index contributed by atoms with van der Waals surface area (Å²) in [5.74, 6) is -2.32. The van der Waals surface area contributed by atoms with Gasteiger partial charge in [0.05, 0.1) is 13.1 Å². The molecule has 0 aromatic carbocycles. The Labute approximate surface area is 127 Å². The van der Waals surface area contributed by atoms with E-state index in [-0.39, 0.29) is 19.6 Å². The number of aldehydes is 1. The zero-order chi connectivity index (χ0) is 16.5. The predicted octanol–water partition coefficient (Wildman–Crippen LogP) is -2.68. The fourth-order valence-electron chi connectivity index (χ4n) is 1.80. The predicted molar refractivity (Wildman–Crippen MR) is 75.4 cm³/mol. The Morgan fingerprint density at radius 2 is 1.86 bits per heavy atom. The number of nitrogens with one attached hydrogen (secondary N) is 3. The lowest BCUT2D eigenvalue weighted by Gasteiger charge is -2.25. The molecule has 1 atom stereocenters. The second-order valence-electron chi connectivity index (χ2n) is 4.39. The van der Waals surface area contributed by atoms with Crippen LogP contribution in [0.15, 0.2) is 12.2 Å². The molecule has 0 aromatic rings. The molecule has 1 unspecified atom stereocenters. The van der Waals surface area contributed by atoms with Gasteiger partial charge in [-0.2, -0.15) is 0 Å². The van der Waals surface area contributed by atoms with Gasteiger partial charge in [0.25, 0.3) is 11.8 Å². The van der Waals surface area contributed by atoms with Crippen LogP contribution < -0.4 is 16.0 Å². The van der Waals surface area contributed by atoms with Crippen molar-refractivity contribution in [3.63, 3.8) is 0 Å². The first-order valence-corrected chi connectivity index (χ1v) is 6.75. The SMILES string of the molecule is CCNCC(C(=O)NCC(=O)NCC=O)N1C(=O)C=CC1=O. The first kappa shape index (κ1) is 17.5. The third kappa shape index (κ3) is 4.77. The van der Waals surface area contributed by atoms with Crippen LogP contribution in [0.3, 0.4) is 0 Å². The maximum Gasteiger partial charge on any atom is 0.254 e.